The highest BCUT2D eigenvalue weighted by Gasteiger charge is 2.23. The molecule has 1 N–H and O–H groups in total. The van der Waals surface area contributed by atoms with E-state index >= 15 is 0 Å². The number of rotatable bonds is 7. The van der Waals surface area contributed by atoms with E-state index in [1.807, 2.05) is 28.8 Å². The van der Waals surface area contributed by atoms with E-state index in [2.05, 4.69) is 27.4 Å². The largest absolute Gasteiger partial charge is 0.467 e. The molecule has 3 heterocycles. The molecule has 0 spiro atoms. The standard InChI is InChI=1S/C21H25N5O2S/c1-15-5-2-3-7-18(15)23-19(27)14-29-21-25-24-20(16-8-10-22-11-9-16)26(21)13-17-6-4-12-28-17/h4,6,8-12,15,18H,2-3,5,7,13-14H2,1H3,(H,23,27)/t15-,18+/m1/s1. The van der Waals surface area contributed by atoms with E-state index in [1.165, 1.54) is 31.0 Å². The third-order valence-corrected chi connectivity index (χ3v) is 6.31. The fourth-order valence-electron chi connectivity index (χ4n) is 3.72. The van der Waals surface area contributed by atoms with E-state index in [9.17, 15) is 4.79 Å². The maximum atomic E-state index is 12.5. The molecular formula is C21H25N5O2S. The molecule has 1 fully saturated rings. The zero-order valence-corrected chi connectivity index (χ0v) is 17.3. The van der Waals surface area contributed by atoms with Crippen LogP contribution in [0.4, 0.5) is 0 Å². The van der Waals surface area contributed by atoms with Crippen molar-refractivity contribution in [1.82, 2.24) is 25.1 Å². The average molecular weight is 412 g/mol. The summed E-state index contributed by atoms with van der Waals surface area (Å²) in [6.07, 6.45) is 9.81. The summed E-state index contributed by atoms with van der Waals surface area (Å²) < 4.78 is 7.49. The monoisotopic (exact) mass is 411 g/mol. The molecular weight excluding hydrogens is 386 g/mol. The number of furan rings is 1. The van der Waals surface area contributed by atoms with Gasteiger partial charge in [0.2, 0.25) is 5.91 Å². The smallest absolute Gasteiger partial charge is 0.230 e. The summed E-state index contributed by atoms with van der Waals surface area (Å²) >= 11 is 1.40. The number of pyridine rings is 1. The molecule has 0 aliphatic heterocycles. The van der Waals surface area contributed by atoms with Gasteiger partial charge in [0.1, 0.15) is 5.76 Å². The number of nitrogens with zero attached hydrogens (tertiary/aromatic N) is 4. The first-order valence-corrected chi connectivity index (χ1v) is 11.0. The molecule has 7 nitrogen and oxygen atoms in total. The van der Waals surface area contributed by atoms with Crippen LogP contribution in [0.2, 0.25) is 0 Å². The Hall–Kier alpha value is -2.61. The zero-order chi connectivity index (χ0) is 20.1. The number of carbonyl (C=O) groups excluding carboxylic acids is 1. The Morgan fingerprint density at radius 1 is 1.24 bits per heavy atom. The Bertz CT molecular complexity index is 926. The van der Waals surface area contributed by atoms with E-state index in [1.54, 1.807) is 18.7 Å². The third-order valence-electron chi connectivity index (χ3n) is 5.34. The Labute approximate surface area is 174 Å². The predicted molar refractivity (Wildman–Crippen MR) is 111 cm³/mol. The molecule has 0 bridgehead atoms. The first-order valence-electron chi connectivity index (χ1n) is 9.99. The van der Waals surface area contributed by atoms with Crippen molar-refractivity contribution in [1.29, 1.82) is 0 Å². The highest BCUT2D eigenvalue weighted by atomic mass is 32.2. The van der Waals surface area contributed by atoms with Gasteiger partial charge < -0.3 is 9.73 Å². The minimum atomic E-state index is 0.0479. The summed E-state index contributed by atoms with van der Waals surface area (Å²) in [4.78, 5) is 16.6. The maximum Gasteiger partial charge on any atom is 0.230 e. The van der Waals surface area contributed by atoms with Gasteiger partial charge in [0.15, 0.2) is 11.0 Å². The van der Waals surface area contributed by atoms with Crippen LogP contribution in [0.15, 0.2) is 52.5 Å². The average Bonchev–Trinajstić information content (AvgIpc) is 3.39. The van der Waals surface area contributed by atoms with Gasteiger partial charge in [-0.3, -0.25) is 14.3 Å². The van der Waals surface area contributed by atoms with Crippen LogP contribution in [0.25, 0.3) is 11.4 Å². The quantitative estimate of drug-likeness (QED) is 0.596. The van der Waals surface area contributed by atoms with Crippen LogP contribution in [0.3, 0.4) is 0 Å². The normalized spacial score (nSPS) is 19.2. The number of amides is 1. The molecule has 3 aromatic rings. The Kier molecular flexibility index (Phi) is 6.29. The molecule has 152 valence electrons. The predicted octanol–water partition coefficient (Wildman–Crippen LogP) is 3.77. The van der Waals surface area contributed by atoms with E-state index in [0.717, 1.165) is 23.6 Å². The zero-order valence-electron chi connectivity index (χ0n) is 16.5. The molecule has 8 heteroatoms. The topological polar surface area (TPSA) is 85.8 Å². The van der Waals surface area contributed by atoms with Gasteiger partial charge in [-0.15, -0.1) is 10.2 Å². The summed E-state index contributed by atoms with van der Waals surface area (Å²) in [5.41, 5.74) is 0.923. The van der Waals surface area contributed by atoms with Crippen molar-refractivity contribution in [3.8, 4) is 11.4 Å². The third kappa shape index (κ3) is 4.87. The molecule has 2 atom stereocenters. The van der Waals surface area contributed by atoms with Crippen LogP contribution in [0.1, 0.15) is 38.4 Å². The Morgan fingerprint density at radius 2 is 2.07 bits per heavy atom. The van der Waals surface area contributed by atoms with Crippen LogP contribution in [-0.4, -0.2) is 37.5 Å². The second-order valence-electron chi connectivity index (χ2n) is 7.43. The number of hydrogen-bond donors (Lipinski definition) is 1. The summed E-state index contributed by atoms with van der Waals surface area (Å²) in [5.74, 6) is 2.44. The number of aromatic nitrogens is 4. The lowest BCUT2D eigenvalue weighted by Gasteiger charge is -2.29. The lowest BCUT2D eigenvalue weighted by atomic mass is 9.86. The highest BCUT2D eigenvalue weighted by molar-refractivity contribution is 7.99. The van der Waals surface area contributed by atoms with Gasteiger partial charge in [0, 0.05) is 24.0 Å². The Balaban J connectivity index is 1.48. The number of hydrogen-bond acceptors (Lipinski definition) is 6. The second-order valence-corrected chi connectivity index (χ2v) is 8.37. The van der Waals surface area contributed by atoms with Gasteiger partial charge in [0.05, 0.1) is 18.6 Å². The van der Waals surface area contributed by atoms with Gasteiger partial charge >= 0.3 is 0 Å². The lowest BCUT2D eigenvalue weighted by molar-refractivity contribution is -0.119. The van der Waals surface area contributed by atoms with Gasteiger partial charge in [-0.25, -0.2) is 0 Å². The number of thioether (sulfide) groups is 1. The molecule has 0 unspecified atom stereocenters. The first kappa shape index (κ1) is 19.7. The van der Waals surface area contributed by atoms with Gasteiger partial charge in [-0.05, 0) is 43.0 Å². The number of nitrogens with one attached hydrogen (secondary N) is 1. The van der Waals surface area contributed by atoms with Crippen LogP contribution in [0.5, 0.6) is 0 Å². The fourth-order valence-corrected chi connectivity index (χ4v) is 4.47. The second kappa shape index (κ2) is 9.26. The fraction of sp³-hybridized carbons (Fsp3) is 0.429. The molecule has 0 aromatic carbocycles. The van der Waals surface area contributed by atoms with Crippen molar-refractivity contribution in [2.24, 2.45) is 5.92 Å². The molecule has 0 saturated heterocycles. The lowest BCUT2D eigenvalue weighted by Crippen LogP contribution is -2.41. The van der Waals surface area contributed by atoms with E-state index < -0.39 is 0 Å². The van der Waals surface area contributed by atoms with Crippen LogP contribution in [0, 0.1) is 5.92 Å². The molecule has 0 radical (unpaired) electrons. The molecule has 1 amide bonds. The molecule has 3 aromatic heterocycles. The molecule has 4 rings (SSSR count). The van der Waals surface area contributed by atoms with Crippen molar-refractivity contribution in [2.75, 3.05) is 5.75 Å². The van der Waals surface area contributed by atoms with Crippen LogP contribution < -0.4 is 5.32 Å². The summed E-state index contributed by atoms with van der Waals surface area (Å²) in [6.45, 7) is 2.72. The number of carbonyl (C=O) groups is 1. The van der Waals surface area contributed by atoms with Crippen molar-refractivity contribution < 1.29 is 9.21 Å². The molecule has 29 heavy (non-hydrogen) atoms. The van der Waals surface area contributed by atoms with Crippen LogP contribution >= 0.6 is 11.8 Å². The van der Waals surface area contributed by atoms with Gasteiger partial charge in [-0.2, -0.15) is 0 Å². The van der Waals surface area contributed by atoms with Gasteiger partial charge in [-0.1, -0.05) is 31.5 Å². The molecule has 1 aliphatic rings. The first-order chi connectivity index (χ1) is 14.2. The van der Waals surface area contributed by atoms with Crippen molar-refractivity contribution in [3.05, 3.63) is 48.7 Å². The maximum absolute atomic E-state index is 12.5. The van der Waals surface area contributed by atoms with Gasteiger partial charge in [0.25, 0.3) is 0 Å². The van der Waals surface area contributed by atoms with E-state index in [4.69, 9.17) is 4.42 Å². The SMILES string of the molecule is C[C@@H]1CCCC[C@@H]1NC(=O)CSc1nnc(-c2ccncc2)n1Cc1ccco1. The molecule has 1 saturated carbocycles. The Morgan fingerprint density at radius 3 is 2.83 bits per heavy atom. The summed E-state index contributed by atoms with van der Waals surface area (Å²) in [5, 5.41) is 12.6. The van der Waals surface area contributed by atoms with Crippen molar-refractivity contribution >= 4 is 17.7 Å². The van der Waals surface area contributed by atoms with E-state index in [0.29, 0.717) is 23.4 Å². The summed E-state index contributed by atoms with van der Waals surface area (Å²) in [7, 11) is 0. The minimum Gasteiger partial charge on any atom is -0.467 e. The summed E-state index contributed by atoms with van der Waals surface area (Å²) in [6, 6.07) is 7.85. The molecule has 1 aliphatic carbocycles. The van der Waals surface area contributed by atoms with Crippen molar-refractivity contribution in [3.63, 3.8) is 0 Å². The highest BCUT2D eigenvalue weighted by Crippen LogP contribution is 2.26. The van der Waals surface area contributed by atoms with E-state index in [-0.39, 0.29) is 11.9 Å². The minimum absolute atomic E-state index is 0.0479. The van der Waals surface area contributed by atoms with Crippen LogP contribution in [-0.2, 0) is 11.3 Å². The van der Waals surface area contributed by atoms with Crippen molar-refractivity contribution in [2.45, 2.75) is 50.4 Å².